The first kappa shape index (κ1) is 22.3. The lowest BCUT2D eigenvalue weighted by atomic mass is 10.0. The Morgan fingerprint density at radius 2 is 1.60 bits per heavy atom. The van der Waals surface area contributed by atoms with Crippen molar-refractivity contribution >= 4 is 16.9 Å². The molecular weight excluding hydrogens is 375 g/mol. The van der Waals surface area contributed by atoms with E-state index in [4.69, 9.17) is 9.97 Å². The standard InChI is InChI=1S/C25H35FN4/c1-8-12-29(13-10-9-11-26)24-22-19(5)20(6)30(25(22)28-21(7)27-24)23-17(3)14-16(2)15-18(23)4/h14-15H,8-13H2,1-7H3. The van der Waals surface area contributed by atoms with E-state index < -0.39 is 0 Å². The second kappa shape index (κ2) is 9.15. The van der Waals surface area contributed by atoms with E-state index in [1.54, 1.807) is 0 Å². The highest BCUT2D eigenvalue weighted by molar-refractivity contribution is 5.94. The summed E-state index contributed by atoms with van der Waals surface area (Å²) in [4.78, 5) is 12.1. The number of unbranched alkanes of at least 4 members (excludes halogenated alkanes) is 1. The van der Waals surface area contributed by atoms with Gasteiger partial charge in [0.2, 0.25) is 0 Å². The third-order valence-corrected chi connectivity index (χ3v) is 5.91. The maximum Gasteiger partial charge on any atom is 0.150 e. The van der Waals surface area contributed by atoms with E-state index in [-0.39, 0.29) is 6.67 Å². The van der Waals surface area contributed by atoms with Crippen LogP contribution in [0.4, 0.5) is 10.2 Å². The van der Waals surface area contributed by atoms with Gasteiger partial charge in [0.05, 0.1) is 17.7 Å². The van der Waals surface area contributed by atoms with Crippen molar-refractivity contribution in [3.05, 3.63) is 45.9 Å². The summed E-state index contributed by atoms with van der Waals surface area (Å²) in [6.07, 6.45) is 2.44. The molecule has 3 rings (SSSR count). The Balaban J connectivity index is 2.28. The number of benzene rings is 1. The lowest BCUT2D eigenvalue weighted by molar-refractivity contribution is 0.461. The minimum absolute atomic E-state index is 0.265. The number of hydrogen-bond donors (Lipinski definition) is 0. The number of nitrogens with zero attached hydrogens (tertiary/aromatic N) is 4. The Morgan fingerprint density at radius 3 is 2.20 bits per heavy atom. The SMILES string of the molecule is CCCN(CCCCF)c1nc(C)nc2c1c(C)c(C)n2-c1c(C)cc(C)cc1C. The van der Waals surface area contributed by atoms with E-state index in [0.29, 0.717) is 6.42 Å². The maximum absolute atomic E-state index is 12.7. The fourth-order valence-corrected chi connectivity index (χ4v) is 4.57. The van der Waals surface area contributed by atoms with Gasteiger partial charge in [0.15, 0.2) is 5.65 Å². The normalized spacial score (nSPS) is 11.5. The third kappa shape index (κ3) is 4.07. The zero-order valence-corrected chi connectivity index (χ0v) is 19.6. The fourth-order valence-electron chi connectivity index (χ4n) is 4.57. The molecule has 0 spiro atoms. The van der Waals surface area contributed by atoms with Gasteiger partial charge >= 0.3 is 0 Å². The Morgan fingerprint density at radius 1 is 0.933 bits per heavy atom. The number of hydrogen-bond acceptors (Lipinski definition) is 3. The van der Waals surface area contributed by atoms with Crippen LogP contribution in [-0.2, 0) is 0 Å². The number of alkyl halides is 1. The Bertz CT molecular complexity index is 1030. The molecule has 0 unspecified atom stereocenters. The van der Waals surface area contributed by atoms with Gasteiger partial charge in [-0.1, -0.05) is 24.6 Å². The summed E-state index contributed by atoms with van der Waals surface area (Å²) in [6.45, 7) is 16.4. The molecule has 0 saturated heterocycles. The smallest absolute Gasteiger partial charge is 0.150 e. The Hall–Kier alpha value is -2.43. The van der Waals surface area contributed by atoms with E-state index in [1.165, 1.54) is 33.6 Å². The van der Waals surface area contributed by atoms with Gasteiger partial charge in [0, 0.05) is 18.8 Å². The topological polar surface area (TPSA) is 34.0 Å². The van der Waals surface area contributed by atoms with Crippen molar-refractivity contribution in [3.8, 4) is 5.69 Å². The van der Waals surface area contributed by atoms with Gasteiger partial charge in [-0.25, -0.2) is 9.97 Å². The van der Waals surface area contributed by atoms with Crippen LogP contribution in [-0.4, -0.2) is 34.3 Å². The van der Waals surface area contributed by atoms with Crippen molar-refractivity contribution in [1.29, 1.82) is 0 Å². The average Bonchev–Trinajstić information content (AvgIpc) is 2.91. The van der Waals surface area contributed by atoms with Crippen LogP contribution in [0.1, 0.15) is 60.0 Å². The van der Waals surface area contributed by atoms with Crippen LogP contribution in [0.15, 0.2) is 12.1 Å². The first-order valence-corrected chi connectivity index (χ1v) is 11.1. The zero-order chi connectivity index (χ0) is 22.0. The van der Waals surface area contributed by atoms with E-state index >= 15 is 0 Å². The monoisotopic (exact) mass is 410 g/mol. The Labute approximate surface area is 180 Å². The van der Waals surface area contributed by atoms with Crippen LogP contribution < -0.4 is 4.90 Å². The number of aromatic nitrogens is 3. The minimum atomic E-state index is -0.265. The van der Waals surface area contributed by atoms with Crippen molar-refractivity contribution in [1.82, 2.24) is 14.5 Å². The molecule has 0 aliphatic heterocycles. The molecule has 2 heterocycles. The van der Waals surface area contributed by atoms with Crippen molar-refractivity contribution in [3.63, 3.8) is 0 Å². The third-order valence-electron chi connectivity index (χ3n) is 5.91. The molecule has 4 nitrogen and oxygen atoms in total. The lowest BCUT2D eigenvalue weighted by Crippen LogP contribution is -2.27. The largest absolute Gasteiger partial charge is 0.356 e. The number of halogens is 1. The first-order chi connectivity index (χ1) is 14.3. The van der Waals surface area contributed by atoms with Gasteiger partial charge in [-0.15, -0.1) is 0 Å². The molecule has 0 fully saturated rings. The Kier molecular flexibility index (Phi) is 6.79. The van der Waals surface area contributed by atoms with Crippen LogP contribution in [0.2, 0.25) is 0 Å². The molecule has 162 valence electrons. The first-order valence-electron chi connectivity index (χ1n) is 11.1. The molecular formula is C25H35FN4. The highest BCUT2D eigenvalue weighted by atomic mass is 19.1. The summed E-state index contributed by atoms with van der Waals surface area (Å²) in [5.74, 6) is 1.75. The molecule has 5 heteroatoms. The van der Waals surface area contributed by atoms with E-state index in [9.17, 15) is 4.39 Å². The molecule has 0 radical (unpaired) electrons. The molecule has 0 aliphatic carbocycles. The number of aryl methyl sites for hydroxylation is 5. The van der Waals surface area contributed by atoms with Crippen LogP contribution in [0, 0.1) is 41.5 Å². The molecule has 1 aromatic carbocycles. The summed E-state index contributed by atoms with van der Waals surface area (Å²) in [7, 11) is 0. The number of fused-ring (bicyclic) bond motifs is 1. The highest BCUT2D eigenvalue weighted by Crippen LogP contribution is 2.35. The molecule has 0 amide bonds. The van der Waals surface area contributed by atoms with Gasteiger partial charge in [-0.3, -0.25) is 8.96 Å². The van der Waals surface area contributed by atoms with Gasteiger partial charge in [0.25, 0.3) is 0 Å². The number of rotatable bonds is 8. The zero-order valence-electron chi connectivity index (χ0n) is 19.6. The summed E-state index contributed by atoms with van der Waals surface area (Å²) >= 11 is 0. The number of anilines is 1. The van der Waals surface area contributed by atoms with Crippen molar-refractivity contribution in [2.45, 2.75) is 67.7 Å². The van der Waals surface area contributed by atoms with Crippen LogP contribution in [0.25, 0.3) is 16.7 Å². The van der Waals surface area contributed by atoms with Crippen molar-refractivity contribution in [2.75, 3.05) is 24.7 Å². The minimum Gasteiger partial charge on any atom is -0.356 e. The average molecular weight is 411 g/mol. The fraction of sp³-hybridized carbons (Fsp3) is 0.520. The predicted octanol–water partition coefficient (Wildman–Crippen LogP) is 6.24. The highest BCUT2D eigenvalue weighted by Gasteiger charge is 2.23. The molecule has 30 heavy (non-hydrogen) atoms. The second-order valence-electron chi connectivity index (χ2n) is 8.47. The lowest BCUT2D eigenvalue weighted by Gasteiger charge is -2.24. The van der Waals surface area contributed by atoms with Gasteiger partial charge in [-0.2, -0.15) is 0 Å². The van der Waals surface area contributed by atoms with Crippen LogP contribution >= 0.6 is 0 Å². The molecule has 0 aliphatic rings. The summed E-state index contributed by atoms with van der Waals surface area (Å²) < 4.78 is 15.0. The second-order valence-corrected chi connectivity index (χ2v) is 8.47. The molecule has 0 atom stereocenters. The van der Waals surface area contributed by atoms with Gasteiger partial charge in [0.1, 0.15) is 11.6 Å². The summed E-state index contributed by atoms with van der Waals surface area (Å²) in [5.41, 5.74) is 8.35. The van der Waals surface area contributed by atoms with Gasteiger partial charge < -0.3 is 4.90 Å². The summed E-state index contributed by atoms with van der Waals surface area (Å²) in [6, 6.07) is 4.47. The molecule has 0 bridgehead atoms. The molecule has 0 N–H and O–H groups in total. The predicted molar refractivity (Wildman–Crippen MR) is 125 cm³/mol. The van der Waals surface area contributed by atoms with E-state index in [0.717, 1.165) is 48.6 Å². The molecule has 2 aromatic heterocycles. The van der Waals surface area contributed by atoms with Crippen LogP contribution in [0.5, 0.6) is 0 Å². The molecule has 3 aromatic rings. The van der Waals surface area contributed by atoms with Crippen LogP contribution in [0.3, 0.4) is 0 Å². The summed E-state index contributed by atoms with van der Waals surface area (Å²) in [5, 5.41) is 1.12. The molecule has 0 saturated carbocycles. The van der Waals surface area contributed by atoms with Gasteiger partial charge in [-0.05, 0) is 77.5 Å². The van der Waals surface area contributed by atoms with Crippen molar-refractivity contribution < 1.29 is 4.39 Å². The quantitative estimate of drug-likeness (QED) is 0.412. The maximum atomic E-state index is 12.7. The van der Waals surface area contributed by atoms with Crippen molar-refractivity contribution in [2.24, 2.45) is 0 Å². The van der Waals surface area contributed by atoms with E-state index in [2.05, 4.69) is 63.1 Å². The van der Waals surface area contributed by atoms with E-state index in [1.807, 2.05) is 6.92 Å².